The van der Waals surface area contributed by atoms with E-state index >= 15 is 0 Å². The first-order valence-electron chi connectivity index (χ1n) is 6.28. The van der Waals surface area contributed by atoms with Crippen LogP contribution in [0.2, 0.25) is 20.1 Å². The van der Waals surface area contributed by atoms with Crippen LogP contribution >= 0.6 is 46.4 Å². The van der Waals surface area contributed by atoms with E-state index in [1.165, 1.54) is 0 Å². The van der Waals surface area contributed by atoms with E-state index in [0.717, 1.165) is 5.57 Å². The monoisotopic (exact) mass is 376 g/mol. The van der Waals surface area contributed by atoms with Gasteiger partial charge in [0.2, 0.25) is 0 Å². The molecule has 0 spiro atoms. The fourth-order valence-corrected chi connectivity index (χ4v) is 2.51. The fraction of sp³-hybridized carbons (Fsp3) is 0.125. The maximum Gasteiger partial charge on any atom is 0.138 e. The summed E-state index contributed by atoms with van der Waals surface area (Å²) < 4.78 is 11.1. The molecule has 0 saturated heterocycles. The molecule has 0 amide bonds. The van der Waals surface area contributed by atoms with E-state index in [1.54, 1.807) is 36.4 Å². The van der Waals surface area contributed by atoms with Gasteiger partial charge in [0.25, 0.3) is 0 Å². The molecule has 0 saturated carbocycles. The Balaban J connectivity index is 1.85. The molecule has 2 nitrogen and oxygen atoms in total. The average molecular weight is 378 g/mol. The third kappa shape index (κ3) is 4.99. The predicted molar refractivity (Wildman–Crippen MR) is 93.1 cm³/mol. The summed E-state index contributed by atoms with van der Waals surface area (Å²) in [4.78, 5) is 0. The van der Waals surface area contributed by atoms with E-state index in [9.17, 15) is 0 Å². The second-order valence-corrected chi connectivity index (χ2v) is 6.16. The Hall–Kier alpha value is -1.06. The fourth-order valence-electron chi connectivity index (χ4n) is 1.59. The molecule has 6 heteroatoms. The highest BCUT2D eigenvalue weighted by Crippen LogP contribution is 2.29. The minimum Gasteiger partial charge on any atom is -0.488 e. The molecule has 0 fully saturated rings. The van der Waals surface area contributed by atoms with Gasteiger partial charge in [-0.15, -0.1) is 0 Å². The maximum atomic E-state index is 6.02. The van der Waals surface area contributed by atoms with Gasteiger partial charge in [0.1, 0.15) is 24.7 Å². The zero-order valence-electron chi connectivity index (χ0n) is 11.4. The van der Waals surface area contributed by atoms with Crippen molar-refractivity contribution in [3.8, 4) is 11.5 Å². The third-order valence-corrected chi connectivity index (χ3v) is 3.71. The molecule has 0 radical (unpaired) electrons. The van der Waals surface area contributed by atoms with Gasteiger partial charge >= 0.3 is 0 Å². The molecule has 2 rings (SSSR count). The minimum atomic E-state index is 0.270. The number of halogens is 4. The lowest BCUT2D eigenvalue weighted by molar-refractivity contribution is 0.302. The third-order valence-electron chi connectivity index (χ3n) is 2.65. The summed E-state index contributed by atoms with van der Waals surface area (Å²) in [6.07, 6.45) is 0. The minimum absolute atomic E-state index is 0.270. The van der Waals surface area contributed by atoms with Gasteiger partial charge in [0, 0.05) is 10.0 Å². The molecule has 22 heavy (non-hydrogen) atoms. The van der Waals surface area contributed by atoms with Gasteiger partial charge in [0.05, 0.1) is 10.0 Å². The summed E-state index contributed by atoms with van der Waals surface area (Å²) in [7, 11) is 0. The van der Waals surface area contributed by atoms with Crippen molar-refractivity contribution in [3.05, 3.63) is 68.6 Å². The molecule has 2 aromatic rings. The summed E-state index contributed by atoms with van der Waals surface area (Å²) >= 11 is 23.7. The highest BCUT2D eigenvalue weighted by Gasteiger charge is 2.06. The normalized spacial score (nSPS) is 10.4. The second-order valence-electron chi connectivity index (χ2n) is 4.48. The van der Waals surface area contributed by atoms with Crippen molar-refractivity contribution in [3.63, 3.8) is 0 Å². The lowest BCUT2D eigenvalue weighted by Crippen LogP contribution is -2.09. The molecule has 0 unspecified atom stereocenters. The molecule has 0 aliphatic carbocycles. The molecule has 0 aromatic heterocycles. The Bertz CT molecular complexity index is 628. The van der Waals surface area contributed by atoms with Crippen molar-refractivity contribution in [2.45, 2.75) is 0 Å². The van der Waals surface area contributed by atoms with Gasteiger partial charge in [-0.3, -0.25) is 0 Å². The van der Waals surface area contributed by atoms with Crippen LogP contribution in [0.15, 0.2) is 48.6 Å². The Morgan fingerprint density at radius 1 is 0.773 bits per heavy atom. The molecule has 2 aromatic carbocycles. The summed E-state index contributed by atoms with van der Waals surface area (Å²) in [6, 6.07) is 10.0. The van der Waals surface area contributed by atoms with Gasteiger partial charge in [-0.25, -0.2) is 0 Å². The standard InChI is InChI=1S/C16H12Cl4O2/c1-10(8-21-15-4-2-11(17)6-13(15)19)9-22-16-5-3-12(18)7-14(16)20/h2-7H,1,8-9H2. The SMILES string of the molecule is C=C(COc1ccc(Cl)cc1Cl)COc1ccc(Cl)cc1Cl. The van der Waals surface area contributed by atoms with Crippen LogP contribution in [0.4, 0.5) is 0 Å². The highest BCUT2D eigenvalue weighted by molar-refractivity contribution is 6.36. The van der Waals surface area contributed by atoms with Gasteiger partial charge in [-0.1, -0.05) is 53.0 Å². The van der Waals surface area contributed by atoms with Crippen molar-refractivity contribution in [2.24, 2.45) is 0 Å². The number of hydrogen-bond donors (Lipinski definition) is 0. The highest BCUT2D eigenvalue weighted by atomic mass is 35.5. The number of benzene rings is 2. The molecule has 0 heterocycles. The van der Waals surface area contributed by atoms with Crippen molar-refractivity contribution in [1.29, 1.82) is 0 Å². The van der Waals surface area contributed by atoms with E-state index in [0.29, 0.717) is 31.6 Å². The lowest BCUT2D eigenvalue weighted by atomic mass is 10.3. The van der Waals surface area contributed by atoms with Gasteiger partial charge in [-0.2, -0.15) is 0 Å². The Morgan fingerprint density at radius 2 is 1.18 bits per heavy atom. The topological polar surface area (TPSA) is 18.5 Å². The van der Waals surface area contributed by atoms with Gasteiger partial charge < -0.3 is 9.47 Å². The van der Waals surface area contributed by atoms with Crippen molar-refractivity contribution >= 4 is 46.4 Å². The number of ether oxygens (including phenoxy) is 2. The van der Waals surface area contributed by atoms with Gasteiger partial charge in [0.15, 0.2) is 0 Å². The van der Waals surface area contributed by atoms with Crippen LogP contribution in [0.25, 0.3) is 0 Å². The quantitative estimate of drug-likeness (QED) is 0.548. The molecule has 0 aliphatic rings. The Labute approximate surface area is 149 Å². The van der Waals surface area contributed by atoms with E-state index in [1.807, 2.05) is 0 Å². The summed E-state index contributed by atoms with van der Waals surface area (Å²) in [5.41, 5.74) is 0.733. The summed E-state index contributed by atoms with van der Waals surface area (Å²) in [5.74, 6) is 1.08. The van der Waals surface area contributed by atoms with Gasteiger partial charge in [-0.05, 0) is 42.0 Å². The van der Waals surface area contributed by atoms with Crippen LogP contribution in [-0.4, -0.2) is 13.2 Å². The van der Waals surface area contributed by atoms with Crippen LogP contribution in [0.1, 0.15) is 0 Å². The first-order chi connectivity index (χ1) is 10.5. The molecule has 0 atom stereocenters. The molecule has 0 bridgehead atoms. The molecular formula is C16H12Cl4O2. The number of hydrogen-bond acceptors (Lipinski definition) is 2. The zero-order valence-corrected chi connectivity index (χ0v) is 14.4. The largest absolute Gasteiger partial charge is 0.488 e. The second kappa shape index (κ2) is 7.98. The van der Waals surface area contributed by atoms with Crippen LogP contribution in [0, 0.1) is 0 Å². The summed E-state index contributed by atoms with van der Waals surface area (Å²) in [5, 5.41) is 2.00. The van der Waals surface area contributed by atoms with E-state index in [4.69, 9.17) is 55.9 Å². The predicted octanol–water partition coefficient (Wildman–Crippen LogP) is 6.31. The van der Waals surface area contributed by atoms with Crippen LogP contribution in [0.5, 0.6) is 11.5 Å². The zero-order chi connectivity index (χ0) is 16.1. The first kappa shape index (κ1) is 17.3. The maximum absolute atomic E-state index is 6.02. The van der Waals surface area contributed by atoms with Crippen molar-refractivity contribution in [2.75, 3.05) is 13.2 Å². The summed E-state index contributed by atoms with van der Waals surface area (Å²) in [6.45, 7) is 4.43. The van der Waals surface area contributed by atoms with Crippen LogP contribution in [-0.2, 0) is 0 Å². The molecular weight excluding hydrogens is 366 g/mol. The van der Waals surface area contributed by atoms with Crippen molar-refractivity contribution in [1.82, 2.24) is 0 Å². The smallest absolute Gasteiger partial charge is 0.138 e. The van der Waals surface area contributed by atoms with E-state index in [-0.39, 0.29) is 13.2 Å². The van der Waals surface area contributed by atoms with Crippen LogP contribution in [0.3, 0.4) is 0 Å². The van der Waals surface area contributed by atoms with E-state index in [2.05, 4.69) is 6.58 Å². The molecule has 0 N–H and O–H groups in total. The van der Waals surface area contributed by atoms with Crippen molar-refractivity contribution < 1.29 is 9.47 Å². The molecule has 116 valence electrons. The Morgan fingerprint density at radius 3 is 1.55 bits per heavy atom. The molecule has 0 aliphatic heterocycles. The van der Waals surface area contributed by atoms with E-state index < -0.39 is 0 Å². The Kier molecular flexibility index (Phi) is 6.27. The first-order valence-corrected chi connectivity index (χ1v) is 7.79. The number of rotatable bonds is 6. The average Bonchev–Trinajstić information content (AvgIpc) is 2.45. The van der Waals surface area contributed by atoms with Crippen LogP contribution < -0.4 is 9.47 Å². The lowest BCUT2D eigenvalue weighted by Gasteiger charge is -2.12.